The Labute approximate surface area is 132 Å². The smallest absolute Gasteiger partial charge is 0.325 e. The van der Waals surface area contributed by atoms with Gasteiger partial charge in [0.25, 0.3) is 0 Å². The van der Waals surface area contributed by atoms with Gasteiger partial charge in [-0.2, -0.15) is 4.72 Å². The van der Waals surface area contributed by atoms with E-state index in [0.29, 0.717) is 0 Å². The Kier molecular flexibility index (Phi) is 4.79. The van der Waals surface area contributed by atoms with Crippen molar-refractivity contribution in [1.82, 2.24) is 4.72 Å². The van der Waals surface area contributed by atoms with Crippen molar-refractivity contribution < 1.29 is 23.1 Å². The molecule has 1 heterocycles. The van der Waals surface area contributed by atoms with Gasteiger partial charge >= 0.3 is 5.97 Å². The molecule has 0 bridgehead atoms. The first-order valence-corrected chi connectivity index (χ1v) is 8.31. The highest BCUT2D eigenvalue weighted by atomic mass is 35.5. The van der Waals surface area contributed by atoms with Crippen LogP contribution in [-0.2, 0) is 19.6 Å². The van der Waals surface area contributed by atoms with Gasteiger partial charge in [-0.25, -0.2) is 8.42 Å². The summed E-state index contributed by atoms with van der Waals surface area (Å²) in [5.41, 5.74) is -1.59. The number of carbonyl (C=O) groups is 1. The summed E-state index contributed by atoms with van der Waals surface area (Å²) in [6.07, 6.45) is 0.0828. The molecule has 1 aliphatic heterocycles. The predicted octanol–water partition coefficient (Wildman–Crippen LogP) is 1.91. The topological polar surface area (TPSA) is 92.7 Å². The van der Waals surface area contributed by atoms with Crippen LogP contribution >= 0.6 is 23.2 Å². The molecule has 1 aromatic rings. The van der Waals surface area contributed by atoms with E-state index in [-0.39, 0.29) is 41.0 Å². The Balaban J connectivity index is 2.40. The van der Waals surface area contributed by atoms with Crippen molar-refractivity contribution in [3.05, 3.63) is 28.2 Å². The molecule has 0 amide bonds. The molecule has 9 heteroatoms. The summed E-state index contributed by atoms with van der Waals surface area (Å²) in [6, 6.07) is 4.15. The lowest BCUT2D eigenvalue weighted by atomic mass is 9.92. The lowest BCUT2D eigenvalue weighted by Crippen LogP contribution is -2.57. The number of halogens is 2. The highest BCUT2D eigenvalue weighted by Gasteiger charge is 2.44. The summed E-state index contributed by atoms with van der Waals surface area (Å²) < 4.78 is 32.2. The van der Waals surface area contributed by atoms with Gasteiger partial charge in [0.2, 0.25) is 10.0 Å². The Morgan fingerprint density at radius 3 is 2.48 bits per heavy atom. The molecule has 0 aromatic heterocycles. The molecule has 0 radical (unpaired) electrons. The minimum absolute atomic E-state index is 0.0414. The molecule has 0 saturated carbocycles. The van der Waals surface area contributed by atoms with Crippen LogP contribution in [0.25, 0.3) is 0 Å². The maximum Gasteiger partial charge on any atom is 0.325 e. The fraction of sp³-hybridized carbons (Fsp3) is 0.417. The predicted molar refractivity (Wildman–Crippen MR) is 77.2 cm³/mol. The Bertz CT molecular complexity index is 656. The van der Waals surface area contributed by atoms with E-state index in [4.69, 9.17) is 27.9 Å². The van der Waals surface area contributed by atoms with Crippen LogP contribution in [-0.4, -0.2) is 38.2 Å². The third kappa shape index (κ3) is 3.32. The highest BCUT2D eigenvalue weighted by Crippen LogP contribution is 2.31. The van der Waals surface area contributed by atoms with Crippen LogP contribution in [0.1, 0.15) is 12.8 Å². The van der Waals surface area contributed by atoms with Crippen molar-refractivity contribution in [1.29, 1.82) is 0 Å². The molecule has 1 saturated heterocycles. The maximum atomic E-state index is 12.4. The molecule has 0 spiro atoms. The van der Waals surface area contributed by atoms with Crippen molar-refractivity contribution >= 4 is 39.2 Å². The molecule has 2 N–H and O–H groups in total. The second kappa shape index (κ2) is 6.10. The number of carboxylic acids is 1. The van der Waals surface area contributed by atoms with Crippen LogP contribution in [0.2, 0.25) is 10.0 Å². The van der Waals surface area contributed by atoms with Crippen LogP contribution in [0.15, 0.2) is 23.1 Å². The Hall–Kier alpha value is -0.860. The van der Waals surface area contributed by atoms with Crippen molar-refractivity contribution in [2.45, 2.75) is 23.3 Å². The molecule has 1 aromatic carbocycles. The monoisotopic (exact) mass is 353 g/mol. The van der Waals surface area contributed by atoms with E-state index in [9.17, 15) is 18.3 Å². The summed E-state index contributed by atoms with van der Waals surface area (Å²) in [5.74, 6) is -1.24. The van der Waals surface area contributed by atoms with Gasteiger partial charge in [0, 0.05) is 26.1 Å². The summed E-state index contributed by atoms with van der Waals surface area (Å²) in [5, 5.41) is 9.32. The Morgan fingerprint density at radius 2 is 1.90 bits per heavy atom. The zero-order valence-electron chi connectivity index (χ0n) is 10.8. The molecule has 0 aliphatic carbocycles. The summed E-state index contributed by atoms with van der Waals surface area (Å²) >= 11 is 11.7. The van der Waals surface area contributed by atoms with E-state index in [2.05, 4.69) is 4.72 Å². The van der Waals surface area contributed by atoms with Crippen LogP contribution in [0.4, 0.5) is 0 Å². The second-order valence-corrected chi connectivity index (χ2v) is 7.09. The molecule has 21 heavy (non-hydrogen) atoms. The van der Waals surface area contributed by atoms with Gasteiger partial charge in [-0.15, -0.1) is 0 Å². The standard InChI is InChI=1S/C12H13Cl2NO5S/c13-8-2-1-3-9(10(8)14)21(18,19)15-12(11(16)17)4-6-20-7-5-12/h1-3,15H,4-7H2,(H,16,17). The summed E-state index contributed by atoms with van der Waals surface area (Å²) in [4.78, 5) is 11.2. The first-order valence-electron chi connectivity index (χ1n) is 6.08. The number of nitrogens with one attached hydrogen (secondary N) is 1. The van der Waals surface area contributed by atoms with E-state index in [1.165, 1.54) is 18.2 Å². The van der Waals surface area contributed by atoms with E-state index < -0.39 is 21.5 Å². The third-order valence-corrected chi connectivity index (χ3v) is 5.80. The van der Waals surface area contributed by atoms with Gasteiger partial charge in [0.05, 0.1) is 10.0 Å². The number of benzene rings is 1. The number of hydrogen-bond acceptors (Lipinski definition) is 4. The molecule has 2 rings (SSSR count). The number of sulfonamides is 1. The molecule has 1 fully saturated rings. The van der Waals surface area contributed by atoms with Crippen molar-refractivity contribution in [2.75, 3.05) is 13.2 Å². The third-order valence-electron chi connectivity index (χ3n) is 3.29. The van der Waals surface area contributed by atoms with E-state index in [1.54, 1.807) is 0 Å². The minimum atomic E-state index is -4.12. The van der Waals surface area contributed by atoms with E-state index in [0.717, 1.165) is 0 Å². The zero-order valence-corrected chi connectivity index (χ0v) is 13.1. The first-order chi connectivity index (χ1) is 9.78. The number of ether oxygens (including phenoxy) is 1. The average Bonchev–Trinajstić information content (AvgIpc) is 2.42. The maximum absolute atomic E-state index is 12.4. The van der Waals surface area contributed by atoms with Crippen LogP contribution in [0, 0.1) is 0 Å². The highest BCUT2D eigenvalue weighted by molar-refractivity contribution is 7.89. The van der Waals surface area contributed by atoms with E-state index in [1.807, 2.05) is 0 Å². The average molecular weight is 354 g/mol. The van der Waals surface area contributed by atoms with Crippen LogP contribution < -0.4 is 4.72 Å². The van der Waals surface area contributed by atoms with Gasteiger partial charge < -0.3 is 9.84 Å². The van der Waals surface area contributed by atoms with E-state index >= 15 is 0 Å². The minimum Gasteiger partial charge on any atom is -0.480 e. The lowest BCUT2D eigenvalue weighted by molar-refractivity contribution is -0.147. The van der Waals surface area contributed by atoms with Crippen molar-refractivity contribution in [2.24, 2.45) is 0 Å². The number of aliphatic carboxylic acids is 1. The quantitative estimate of drug-likeness (QED) is 0.862. The molecule has 1 aliphatic rings. The fourth-order valence-electron chi connectivity index (χ4n) is 2.08. The SMILES string of the molecule is O=C(O)C1(NS(=O)(=O)c2cccc(Cl)c2Cl)CCOCC1. The van der Waals surface area contributed by atoms with Gasteiger partial charge in [0.1, 0.15) is 10.4 Å². The fourth-order valence-corrected chi connectivity index (χ4v) is 4.26. The van der Waals surface area contributed by atoms with Crippen molar-refractivity contribution in [3.8, 4) is 0 Å². The summed E-state index contributed by atoms with van der Waals surface area (Å²) in [7, 11) is -4.12. The normalized spacial score (nSPS) is 18.4. The second-order valence-electron chi connectivity index (χ2n) is 4.66. The molecule has 0 atom stereocenters. The van der Waals surface area contributed by atoms with Crippen LogP contribution in [0.3, 0.4) is 0 Å². The van der Waals surface area contributed by atoms with Crippen LogP contribution in [0.5, 0.6) is 0 Å². The van der Waals surface area contributed by atoms with Gasteiger partial charge in [-0.05, 0) is 12.1 Å². The number of hydrogen-bond donors (Lipinski definition) is 2. The van der Waals surface area contributed by atoms with Crippen molar-refractivity contribution in [3.63, 3.8) is 0 Å². The molecular weight excluding hydrogens is 341 g/mol. The van der Waals surface area contributed by atoms with Gasteiger partial charge in [-0.1, -0.05) is 29.3 Å². The number of carboxylic acid groups (broad SMARTS) is 1. The molecule has 6 nitrogen and oxygen atoms in total. The largest absolute Gasteiger partial charge is 0.480 e. The zero-order chi connectivity index (χ0) is 15.7. The molecule has 116 valence electrons. The van der Waals surface area contributed by atoms with Gasteiger partial charge in [0.15, 0.2) is 0 Å². The number of rotatable bonds is 4. The lowest BCUT2D eigenvalue weighted by Gasteiger charge is -2.33. The Morgan fingerprint density at radius 1 is 1.29 bits per heavy atom. The molecular formula is C12H13Cl2NO5S. The van der Waals surface area contributed by atoms with Gasteiger partial charge in [-0.3, -0.25) is 4.79 Å². The first kappa shape index (κ1) is 16.5. The molecule has 0 unspecified atom stereocenters. The summed E-state index contributed by atoms with van der Waals surface area (Å²) in [6.45, 7) is 0.330.